The third kappa shape index (κ3) is 3.62. The third-order valence-corrected chi connectivity index (χ3v) is 3.22. The van der Waals surface area contributed by atoms with Crippen LogP contribution in [0.5, 0.6) is 0 Å². The maximum absolute atomic E-state index is 12.9. The van der Waals surface area contributed by atoms with Crippen LogP contribution >= 0.6 is 27.5 Å². The fourth-order valence-corrected chi connectivity index (χ4v) is 2.16. The number of rotatable bonds is 5. The van der Waals surface area contributed by atoms with Crippen molar-refractivity contribution in [3.8, 4) is 0 Å². The van der Waals surface area contributed by atoms with Crippen molar-refractivity contribution in [1.29, 1.82) is 0 Å². The van der Waals surface area contributed by atoms with Crippen molar-refractivity contribution in [3.63, 3.8) is 0 Å². The largest absolute Gasteiger partial charge is 0.466 e. The summed E-state index contributed by atoms with van der Waals surface area (Å²) in [6, 6.07) is 0. The van der Waals surface area contributed by atoms with Crippen LogP contribution in [0.2, 0.25) is 5.02 Å². The fourth-order valence-electron chi connectivity index (χ4n) is 1.39. The lowest BCUT2D eigenvalue weighted by atomic mass is 10.1. The molecule has 0 fully saturated rings. The van der Waals surface area contributed by atoms with Gasteiger partial charge in [0.05, 0.1) is 23.7 Å². The van der Waals surface area contributed by atoms with Gasteiger partial charge in [-0.1, -0.05) is 27.5 Å². The van der Waals surface area contributed by atoms with E-state index in [0.29, 0.717) is 5.56 Å². The van der Waals surface area contributed by atoms with Gasteiger partial charge in [-0.3, -0.25) is 9.78 Å². The van der Waals surface area contributed by atoms with Crippen LogP contribution in [0.1, 0.15) is 30.2 Å². The number of hydrogen-bond donors (Lipinski definition) is 0. The second kappa shape index (κ2) is 6.99. The first-order valence-corrected chi connectivity index (χ1v) is 6.67. The standard InChI is InChI=1S/C11H11BrClF2NO2/c1-2-18-8(17)3-7-10(13)9(11(14)15)6(4-12)5-16-7/h5,11H,2-4H2,1H3. The van der Waals surface area contributed by atoms with Crippen LogP contribution in [-0.4, -0.2) is 17.6 Å². The minimum absolute atomic E-state index is 0.107. The predicted molar refractivity (Wildman–Crippen MR) is 67.2 cm³/mol. The van der Waals surface area contributed by atoms with E-state index >= 15 is 0 Å². The number of alkyl halides is 3. The minimum Gasteiger partial charge on any atom is -0.466 e. The molecule has 1 aromatic rings. The molecule has 1 heterocycles. The van der Waals surface area contributed by atoms with Gasteiger partial charge in [0, 0.05) is 17.1 Å². The molecule has 0 bridgehead atoms. The molecule has 3 nitrogen and oxygen atoms in total. The minimum atomic E-state index is -2.71. The summed E-state index contributed by atoms with van der Waals surface area (Å²) in [5.41, 5.74) is 0.126. The highest BCUT2D eigenvalue weighted by molar-refractivity contribution is 9.08. The Labute approximate surface area is 117 Å². The average Bonchev–Trinajstić information content (AvgIpc) is 2.31. The molecule has 0 aromatic carbocycles. The molecule has 0 saturated carbocycles. The van der Waals surface area contributed by atoms with Gasteiger partial charge in [0.15, 0.2) is 0 Å². The lowest BCUT2D eigenvalue weighted by molar-refractivity contribution is -0.142. The molecule has 0 spiro atoms. The second-order valence-electron chi connectivity index (χ2n) is 3.37. The van der Waals surface area contributed by atoms with Crippen LogP contribution < -0.4 is 0 Å². The number of aromatic nitrogens is 1. The molecule has 1 rings (SSSR count). The van der Waals surface area contributed by atoms with E-state index < -0.39 is 12.4 Å². The van der Waals surface area contributed by atoms with Crippen molar-refractivity contribution in [2.45, 2.75) is 25.1 Å². The van der Waals surface area contributed by atoms with Crippen molar-refractivity contribution in [2.75, 3.05) is 6.61 Å². The summed E-state index contributed by atoms with van der Waals surface area (Å²) < 4.78 is 30.5. The smallest absolute Gasteiger partial charge is 0.311 e. The highest BCUT2D eigenvalue weighted by Crippen LogP contribution is 2.33. The maximum Gasteiger partial charge on any atom is 0.311 e. The third-order valence-electron chi connectivity index (χ3n) is 2.19. The zero-order valence-electron chi connectivity index (χ0n) is 9.55. The van der Waals surface area contributed by atoms with Crippen molar-refractivity contribution in [3.05, 3.63) is 28.0 Å². The fraction of sp³-hybridized carbons (Fsp3) is 0.455. The highest BCUT2D eigenvalue weighted by atomic mass is 79.9. The molecule has 7 heteroatoms. The normalized spacial score (nSPS) is 10.8. The highest BCUT2D eigenvalue weighted by Gasteiger charge is 2.21. The molecular formula is C11H11BrClF2NO2. The van der Waals surface area contributed by atoms with Crippen molar-refractivity contribution >= 4 is 33.5 Å². The molecular weight excluding hydrogens is 331 g/mol. The van der Waals surface area contributed by atoms with Crippen LogP contribution in [0.15, 0.2) is 6.20 Å². The van der Waals surface area contributed by atoms with Crippen LogP contribution in [0.3, 0.4) is 0 Å². The first kappa shape index (κ1) is 15.3. The van der Waals surface area contributed by atoms with Gasteiger partial charge < -0.3 is 4.74 Å². The summed E-state index contributed by atoms with van der Waals surface area (Å²) in [6.07, 6.45) is -1.64. The maximum atomic E-state index is 12.9. The molecule has 100 valence electrons. The molecule has 0 aliphatic rings. The monoisotopic (exact) mass is 341 g/mol. The van der Waals surface area contributed by atoms with E-state index in [-0.39, 0.29) is 34.6 Å². The van der Waals surface area contributed by atoms with Gasteiger partial charge in [-0.05, 0) is 12.5 Å². The van der Waals surface area contributed by atoms with Gasteiger partial charge >= 0.3 is 5.97 Å². The number of pyridine rings is 1. The molecule has 0 radical (unpaired) electrons. The Morgan fingerprint density at radius 3 is 2.78 bits per heavy atom. The molecule has 0 aliphatic carbocycles. The summed E-state index contributed by atoms with van der Waals surface area (Å²) in [5.74, 6) is -0.543. The molecule has 0 unspecified atom stereocenters. The number of halogens is 4. The van der Waals surface area contributed by atoms with Gasteiger partial charge in [0.2, 0.25) is 0 Å². The lowest BCUT2D eigenvalue weighted by Gasteiger charge is -2.11. The summed E-state index contributed by atoms with van der Waals surface area (Å²) >= 11 is 8.95. The zero-order chi connectivity index (χ0) is 13.7. The summed E-state index contributed by atoms with van der Waals surface area (Å²) in [5, 5.41) is 0.0500. The van der Waals surface area contributed by atoms with E-state index in [1.807, 2.05) is 0 Å². The second-order valence-corrected chi connectivity index (χ2v) is 4.31. The zero-order valence-corrected chi connectivity index (χ0v) is 11.9. The van der Waals surface area contributed by atoms with Crippen LogP contribution in [-0.2, 0) is 21.3 Å². The van der Waals surface area contributed by atoms with E-state index in [1.54, 1.807) is 6.92 Å². The van der Waals surface area contributed by atoms with Gasteiger partial charge in [0.1, 0.15) is 0 Å². The average molecular weight is 343 g/mol. The Hall–Kier alpha value is -0.750. The summed E-state index contributed by atoms with van der Waals surface area (Å²) in [4.78, 5) is 15.2. The molecule has 0 aliphatic heterocycles. The van der Waals surface area contributed by atoms with E-state index in [4.69, 9.17) is 16.3 Å². The van der Waals surface area contributed by atoms with E-state index in [0.717, 1.165) is 0 Å². The molecule has 0 N–H and O–H groups in total. The molecule has 0 saturated heterocycles. The first-order valence-electron chi connectivity index (χ1n) is 5.17. The molecule has 0 atom stereocenters. The summed E-state index contributed by atoms with van der Waals surface area (Å²) in [7, 11) is 0. The lowest BCUT2D eigenvalue weighted by Crippen LogP contribution is -2.11. The SMILES string of the molecule is CCOC(=O)Cc1ncc(CBr)c(C(F)F)c1Cl. The van der Waals surface area contributed by atoms with E-state index in [1.165, 1.54) is 6.20 Å². The topological polar surface area (TPSA) is 39.2 Å². The Balaban J connectivity index is 3.08. The quantitative estimate of drug-likeness (QED) is 0.605. The molecule has 18 heavy (non-hydrogen) atoms. The Morgan fingerprint density at radius 2 is 2.28 bits per heavy atom. The summed E-state index contributed by atoms with van der Waals surface area (Å²) in [6.45, 7) is 1.88. The molecule has 0 amide bonds. The van der Waals surface area contributed by atoms with E-state index in [2.05, 4.69) is 20.9 Å². The number of nitrogens with zero attached hydrogens (tertiary/aromatic N) is 1. The number of esters is 1. The Bertz CT molecular complexity index is 443. The first-order chi connectivity index (χ1) is 8.51. The predicted octanol–water partition coefficient (Wildman–Crippen LogP) is 3.67. The van der Waals surface area contributed by atoms with Crippen LogP contribution in [0, 0.1) is 0 Å². The number of hydrogen-bond acceptors (Lipinski definition) is 3. The van der Waals surface area contributed by atoms with Gasteiger partial charge in [0.25, 0.3) is 6.43 Å². The molecule has 1 aromatic heterocycles. The van der Waals surface area contributed by atoms with Crippen molar-refractivity contribution < 1.29 is 18.3 Å². The number of carbonyl (C=O) groups excluding carboxylic acids is 1. The Kier molecular flexibility index (Phi) is 5.95. The number of carbonyl (C=O) groups is 1. The van der Waals surface area contributed by atoms with Crippen molar-refractivity contribution in [1.82, 2.24) is 4.98 Å². The van der Waals surface area contributed by atoms with Gasteiger partial charge in [-0.25, -0.2) is 8.78 Å². The van der Waals surface area contributed by atoms with Crippen molar-refractivity contribution in [2.24, 2.45) is 0 Å². The Morgan fingerprint density at radius 1 is 1.61 bits per heavy atom. The van der Waals surface area contributed by atoms with Gasteiger partial charge in [-0.2, -0.15) is 0 Å². The van der Waals surface area contributed by atoms with Crippen LogP contribution in [0.4, 0.5) is 8.78 Å². The van der Waals surface area contributed by atoms with Gasteiger partial charge in [-0.15, -0.1) is 0 Å². The number of ether oxygens (including phenoxy) is 1. The van der Waals surface area contributed by atoms with Crippen LogP contribution in [0.25, 0.3) is 0 Å². The van der Waals surface area contributed by atoms with E-state index in [9.17, 15) is 13.6 Å².